The van der Waals surface area contributed by atoms with E-state index in [1.54, 1.807) is 24.3 Å². The molecule has 2 aromatic rings. The molecule has 4 nitrogen and oxygen atoms in total. The third-order valence-electron chi connectivity index (χ3n) is 5.27. The van der Waals surface area contributed by atoms with Gasteiger partial charge in [-0.05, 0) is 30.7 Å². The van der Waals surface area contributed by atoms with Crippen LogP contribution in [0.2, 0.25) is 0 Å². The van der Waals surface area contributed by atoms with Crippen molar-refractivity contribution in [1.82, 2.24) is 5.32 Å². The second-order valence-corrected chi connectivity index (χ2v) is 7.80. The number of nitrogens with one attached hydrogen (secondary N) is 2. The first-order chi connectivity index (χ1) is 14.7. The summed E-state index contributed by atoms with van der Waals surface area (Å²) >= 11 is 0. The van der Waals surface area contributed by atoms with Crippen molar-refractivity contribution in [2.24, 2.45) is 0 Å². The fourth-order valence-electron chi connectivity index (χ4n) is 3.48. The molecule has 2 amide bonds. The summed E-state index contributed by atoms with van der Waals surface area (Å²) in [5, 5.41) is 5.84. The molecular formula is C26H36N2O2. The summed E-state index contributed by atoms with van der Waals surface area (Å²) in [6, 6.07) is 16.1. The molecule has 0 saturated heterocycles. The summed E-state index contributed by atoms with van der Waals surface area (Å²) in [6.45, 7) is 2.91. The Morgan fingerprint density at radius 2 is 1.23 bits per heavy atom. The highest BCUT2D eigenvalue weighted by Crippen LogP contribution is 2.16. The molecule has 0 fully saturated rings. The third kappa shape index (κ3) is 8.81. The lowest BCUT2D eigenvalue weighted by Crippen LogP contribution is -2.26. The van der Waals surface area contributed by atoms with Gasteiger partial charge in [0.1, 0.15) is 0 Å². The molecular weight excluding hydrogens is 372 g/mol. The molecule has 0 aliphatic carbocycles. The number of benzene rings is 2. The number of amides is 2. The maximum Gasteiger partial charge on any atom is 0.255 e. The second-order valence-electron chi connectivity index (χ2n) is 7.80. The number of para-hydroxylation sites is 1. The van der Waals surface area contributed by atoms with Crippen LogP contribution in [-0.2, 0) is 0 Å². The van der Waals surface area contributed by atoms with E-state index in [2.05, 4.69) is 17.6 Å². The minimum atomic E-state index is -0.217. The number of hydrogen-bond donors (Lipinski definition) is 2. The molecule has 162 valence electrons. The monoisotopic (exact) mass is 408 g/mol. The standard InChI is InChI=1S/C26H36N2O2/c1-2-3-4-5-6-7-8-9-10-16-21-27-26(30)23-19-14-15-20-24(23)28-25(29)22-17-12-11-13-18-22/h11-15,17-20H,2-10,16,21H2,1H3,(H,27,30)(H,28,29). The van der Waals surface area contributed by atoms with E-state index in [0.717, 1.165) is 12.8 Å². The number of anilines is 1. The van der Waals surface area contributed by atoms with Gasteiger partial charge >= 0.3 is 0 Å². The Hall–Kier alpha value is -2.62. The van der Waals surface area contributed by atoms with Crippen LogP contribution in [0.15, 0.2) is 54.6 Å². The van der Waals surface area contributed by atoms with Crippen LogP contribution in [0.3, 0.4) is 0 Å². The lowest BCUT2D eigenvalue weighted by molar-refractivity contribution is 0.0954. The zero-order valence-corrected chi connectivity index (χ0v) is 18.3. The van der Waals surface area contributed by atoms with E-state index in [4.69, 9.17) is 0 Å². The van der Waals surface area contributed by atoms with Crippen LogP contribution in [0.4, 0.5) is 5.69 Å². The van der Waals surface area contributed by atoms with Crippen molar-refractivity contribution >= 4 is 17.5 Å². The molecule has 2 rings (SSSR count). The molecule has 0 heterocycles. The van der Waals surface area contributed by atoms with Gasteiger partial charge in [0, 0.05) is 12.1 Å². The van der Waals surface area contributed by atoms with Crippen molar-refractivity contribution in [3.05, 3.63) is 65.7 Å². The van der Waals surface area contributed by atoms with Gasteiger partial charge in [0.2, 0.25) is 0 Å². The van der Waals surface area contributed by atoms with Crippen molar-refractivity contribution in [3.8, 4) is 0 Å². The Morgan fingerprint density at radius 1 is 0.667 bits per heavy atom. The molecule has 0 bridgehead atoms. The number of carbonyl (C=O) groups excluding carboxylic acids is 2. The zero-order chi connectivity index (χ0) is 21.4. The Morgan fingerprint density at radius 3 is 1.90 bits per heavy atom. The summed E-state index contributed by atoms with van der Waals surface area (Å²) in [6.07, 6.45) is 12.7. The van der Waals surface area contributed by atoms with Crippen LogP contribution < -0.4 is 10.6 Å². The van der Waals surface area contributed by atoms with Gasteiger partial charge < -0.3 is 10.6 Å². The lowest BCUT2D eigenvalue weighted by atomic mass is 10.1. The summed E-state index contributed by atoms with van der Waals surface area (Å²) in [4.78, 5) is 25.0. The van der Waals surface area contributed by atoms with Crippen molar-refractivity contribution in [3.63, 3.8) is 0 Å². The van der Waals surface area contributed by atoms with Crippen molar-refractivity contribution in [2.75, 3.05) is 11.9 Å². The summed E-state index contributed by atoms with van der Waals surface area (Å²) in [5.41, 5.74) is 1.60. The molecule has 0 spiro atoms. The van der Waals surface area contributed by atoms with Gasteiger partial charge in [-0.15, -0.1) is 0 Å². The zero-order valence-electron chi connectivity index (χ0n) is 18.3. The van der Waals surface area contributed by atoms with E-state index >= 15 is 0 Å². The highest BCUT2D eigenvalue weighted by molar-refractivity contribution is 6.08. The average molecular weight is 409 g/mol. The van der Waals surface area contributed by atoms with Gasteiger partial charge in [0.05, 0.1) is 11.3 Å². The van der Waals surface area contributed by atoms with E-state index in [1.807, 2.05) is 30.3 Å². The molecule has 0 saturated carbocycles. The molecule has 0 radical (unpaired) electrons. The molecule has 0 aromatic heterocycles. The molecule has 0 aliphatic heterocycles. The highest BCUT2D eigenvalue weighted by Gasteiger charge is 2.13. The summed E-state index contributed by atoms with van der Waals surface area (Å²) in [7, 11) is 0. The SMILES string of the molecule is CCCCCCCCCCCCNC(=O)c1ccccc1NC(=O)c1ccccc1. The summed E-state index contributed by atoms with van der Waals surface area (Å²) < 4.78 is 0. The predicted molar refractivity (Wildman–Crippen MR) is 125 cm³/mol. The van der Waals surface area contributed by atoms with Crippen molar-refractivity contribution in [2.45, 2.75) is 71.1 Å². The molecule has 2 aromatic carbocycles. The van der Waals surface area contributed by atoms with E-state index in [-0.39, 0.29) is 11.8 Å². The van der Waals surface area contributed by atoms with Crippen molar-refractivity contribution in [1.29, 1.82) is 0 Å². The van der Waals surface area contributed by atoms with Gasteiger partial charge in [-0.1, -0.05) is 95.0 Å². The van der Waals surface area contributed by atoms with E-state index < -0.39 is 0 Å². The average Bonchev–Trinajstić information content (AvgIpc) is 2.78. The first kappa shape index (κ1) is 23.7. The van der Waals surface area contributed by atoms with Crippen LogP contribution in [0, 0.1) is 0 Å². The maximum atomic E-state index is 12.6. The smallest absolute Gasteiger partial charge is 0.255 e. The molecule has 2 N–H and O–H groups in total. The molecule has 30 heavy (non-hydrogen) atoms. The van der Waals surface area contributed by atoms with E-state index in [1.165, 1.54) is 51.4 Å². The maximum absolute atomic E-state index is 12.6. The predicted octanol–water partition coefficient (Wildman–Crippen LogP) is 6.59. The molecule has 4 heteroatoms. The molecule has 0 atom stereocenters. The van der Waals surface area contributed by atoms with E-state index in [9.17, 15) is 9.59 Å². The van der Waals surface area contributed by atoms with Crippen LogP contribution in [0.1, 0.15) is 91.8 Å². The van der Waals surface area contributed by atoms with Gasteiger partial charge in [-0.2, -0.15) is 0 Å². The third-order valence-corrected chi connectivity index (χ3v) is 5.27. The first-order valence-corrected chi connectivity index (χ1v) is 11.5. The first-order valence-electron chi connectivity index (χ1n) is 11.5. The highest BCUT2D eigenvalue weighted by atomic mass is 16.2. The van der Waals surface area contributed by atoms with Gasteiger partial charge in [0.15, 0.2) is 0 Å². The Bertz CT molecular complexity index is 759. The second kappa shape index (κ2) is 14.4. The minimum Gasteiger partial charge on any atom is -0.352 e. The normalized spacial score (nSPS) is 10.6. The fraction of sp³-hybridized carbons (Fsp3) is 0.462. The summed E-state index contributed by atoms with van der Waals surface area (Å²) in [5.74, 6) is -0.361. The van der Waals surface area contributed by atoms with Gasteiger partial charge in [0.25, 0.3) is 11.8 Å². The number of hydrogen-bond acceptors (Lipinski definition) is 2. The van der Waals surface area contributed by atoms with Crippen LogP contribution >= 0.6 is 0 Å². The van der Waals surface area contributed by atoms with Crippen LogP contribution in [0.25, 0.3) is 0 Å². The molecule has 0 aliphatic rings. The Kier molecular flexibility index (Phi) is 11.3. The van der Waals surface area contributed by atoms with Gasteiger partial charge in [-0.25, -0.2) is 0 Å². The fourth-order valence-corrected chi connectivity index (χ4v) is 3.48. The van der Waals surface area contributed by atoms with Gasteiger partial charge in [-0.3, -0.25) is 9.59 Å². The quantitative estimate of drug-likeness (QED) is 0.346. The largest absolute Gasteiger partial charge is 0.352 e. The number of rotatable bonds is 14. The van der Waals surface area contributed by atoms with Crippen LogP contribution in [0.5, 0.6) is 0 Å². The topological polar surface area (TPSA) is 58.2 Å². The lowest BCUT2D eigenvalue weighted by Gasteiger charge is -2.11. The number of unbranched alkanes of at least 4 members (excludes halogenated alkanes) is 9. The Balaban J connectivity index is 1.68. The van der Waals surface area contributed by atoms with Crippen molar-refractivity contribution < 1.29 is 9.59 Å². The minimum absolute atomic E-state index is 0.144. The van der Waals surface area contributed by atoms with E-state index in [0.29, 0.717) is 23.4 Å². The molecule has 0 unspecified atom stereocenters. The Labute approximate surface area is 181 Å². The number of carbonyl (C=O) groups is 2. The van der Waals surface area contributed by atoms with Crippen LogP contribution in [-0.4, -0.2) is 18.4 Å².